The van der Waals surface area contributed by atoms with Crippen LogP contribution in [-0.2, 0) is 0 Å². The number of Topliss-reactive ketones (excluding diaryl/α,β-unsaturated/α-hetero) is 1. The quantitative estimate of drug-likeness (QED) is 0.493. The molecule has 4 nitrogen and oxygen atoms in total. The third kappa shape index (κ3) is 2.92. The average molecular weight is 309 g/mol. The molecular formula is C18H12FNO3. The van der Waals surface area contributed by atoms with E-state index >= 15 is 0 Å². The highest BCUT2D eigenvalue weighted by Crippen LogP contribution is 2.33. The Bertz CT molecular complexity index is 865. The Hall–Kier alpha value is -3.13. The van der Waals surface area contributed by atoms with Crippen molar-refractivity contribution in [3.05, 3.63) is 64.5 Å². The maximum absolute atomic E-state index is 13.3. The van der Waals surface area contributed by atoms with Crippen molar-refractivity contribution in [3.63, 3.8) is 0 Å². The minimum Gasteiger partial charge on any atom is -0.454 e. The topological polar surface area (TPSA) is 59.3 Å². The second-order valence-electron chi connectivity index (χ2n) is 5.08. The summed E-state index contributed by atoms with van der Waals surface area (Å²) >= 11 is 0. The number of rotatable bonds is 3. The summed E-state index contributed by atoms with van der Waals surface area (Å²) in [5, 5.41) is 9.27. The number of hydrogen-bond donors (Lipinski definition) is 0. The van der Waals surface area contributed by atoms with Crippen molar-refractivity contribution in [2.45, 2.75) is 6.92 Å². The van der Waals surface area contributed by atoms with Crippen LogP contribution < -0.4 is 9.47 Å². The van der Waals surface area contributed by atoms with Gasteiger partial charge in [0, 0.05) is 5.56 Å². The fraction of sp³-hybridized carbons (Fsp3) is 0.111. The van der Waals surface area contributed by atoms with E-state index in [0.717, 1.165) is 0 Å². The van der Waals surface area contributed by atoms with Gasteiger partial charge in [-0.25, -0.2) is 4.39 Å². The monoisotopic (exact) mass is 309 g/mol. The number of benzene rings is 2. The number of allylic oxidation sites excluding steroid dienone is 1. The summed E-state index contributed by atoms with van der Waals surface area (Å²) in [4.78, 5) is 12.5. The van der Waals surface area contributed by atoms with Crippen LogP contribution in [0.5, 0.6) is 11.5 Å². The highest BCUT2D eigenvalue weighted by molar-refractivity contribution is 6.14. The highest BCUT2D eigenvalue weighted by Gasteiger charge is 2.18. The Morgan fingerprint density at radius 2 is 2.00 bits per heavy atom. The first-order chi connectivity index (χ1) is 11.1. The first kappa shape index (κ1) is 14.8. The summed E-state index contributed by atoms with van der Waals surface area (Å²) in [6.45, 7) is 1.74. The molecule has 0 saturated carbocycles. The van der Waals surface area contributed by atoms with Crippen LogP contribution in [0, 0.1) is 24.1 Å². The van der Waals surface area contributed by atoms with Gasteiger partial charge < -0.3 is 9.47 Å². The van der Waals surface area contributed by atoms with Crippen LogP contribution in [-0.4, -0.2) is 12.6 Å². The van der Waals surface area contributed by atoms with Gasteiger partial charge >= 0.3 is 0 Å². The maximum atomic E-state index is 13.3. The summed E-state index contributed by atoms with van der Waals surface area (Å²) < 4.78 is 23.7. The van der Waals surface area contributed by atoms with Gasteiger partial charge in [-0.3, -0.25) is 4.79 Å². The second-order valence-corrected chi connectivity index (χ2v) is 5.08. The van der Waals surface area contributed by atoms with Gasteiger partial charge in [-0.1, -0.05) is 6.07 Å². The van der Waals surface area contributed by atoms with E-state index in [1.807, 2.05) is 6.07 Å². The number of nitriles is 1. The molecule has 0 radical (unpaired) electrons. The van der Waals surface area contributed by atoms with E-state index in [1.54, 1.807) is 31.2 Å². The highest BCUT2D eigenvalue weighted by atomic mass is 19.1. The van der Waals surface area contributed by atoms with Gasteiger partial charge in [0.1, 0.15) is 17.5 Å². The molecule has 1 heterocycles. The van der Waals surface area contributed by atoms with Crippen LogP contribution >= 0.6 is 0 Å². The van der Waals surface area contributed by atoms with Gasteiger partial charge in [-0.15, -0.1) is 0 Å². The zero-order valence-electron chi connectivity index (χ0n) is 12.3. The molecule has 0 fully saturated rings. The normalized spacial score (nSPS) is 12.8. The van der Waals surface area contributed by atoms with Crippen molar-refractivity contribution < 1.29 is 18.7 Å². The van der Waals surface area contributed by atoms with Crippen LogP contribution in [0.2, 0.25) is 0 Å². The first-order valence-corrected chi connectivity index (χ1v) is 6.91. The van der Waals surface area contributed by atoms with E-state index in [-0.39, 0.29) is 18.2 Å². The molecule has 0 aliphatic carbocycles. The number of aryl methyl sites for hydroxylation is 1. The Morgan fingerprint density at radius 3 is 2.74 bits per heavy atom. The third-order valence-corrected chi connectivity index (χ3v) is 3.49. The average Bonchev–Trinajstić information content (AvgIpc) is 3.02. The lowest BCUT2D eigenvalue weighted by Gasteiger charge is -2.03. The van der Waals surface area contributed by atoms with E-state index in [4.69, 9.17) is 9.47 Å². The zero-order valence-corrected chi connectivity index (χ0v) is 12.3. The van der Waals surface area contributed by atoms with E-state index in [2.05, 4.69) is 0 Å². The maximum Gasteiger partial charge on any atom is 0.231 e. The van der Waals surface area contributed by atoms with Crippen LogP contribution in [0.1, 0.15) is 21.5 Å². The lowest BCUT2D eigenvalue weighted by molar-refractivity contribution is 0.103. The van der Waals surface area contributed by atoms with Crippen molar-refractivity contribution in [1.29, 1.82) is 5.26 Å². The van der Waals surface area contributed by atoms with E-state index < -0.39 is 5.78 Å². The summed E-state index contributed by atoms with van der Waals surface area (Å²) in [7, 11) is 0. The van der Waals surface area contributed by atoms with E-state index in [9.17, 15) is 14.4 Å². The molecule has 0 atom stereocenters. The molecular weight excluding hydrogens is 297 g/mol. The molecule has 3 rings (SSSR count). The van der Waals surface area contributed by atoms with Crippen molar-refractivity contribution in [2.75, 3.05) is 6.79 Å². The molecule has 0 unspecified atom stereocenters. The molecule has 0 N–H and O–H groups in total. The number of carbonyl (C=O) groups excluding carboxylic acids is 1. The Labute approximate surface area is 132 Å². The fourth-order valence-corrected chi connectivity index (χ4v) is 2.27. The van der Waals surface area contributed by atoms with Crippen molar-refractivity contribution in [3.8, 4) is 17.6 Å². The number of ether oxygens (including phenoxy) is 2. The number of halogens is 1. The van der Waals surface area contributed by atoms with Gasteiger partial charge in [0.15, 0.2) is 11.5 Å². The second kappa shape index (κ2) is 5.93. The van der Waals surface area contributed by atoms with Gasteiger partial charge in [0.25, 0.3) is 0 Å². The van der Waals surface area contributed by atoms with Crippen LogP contribution in [0.15, 0.2) is 42.0 Å². The molecule has 0 bridgehead atoms. The molecule has 0 spiro atoms. The number of carbonyl (C=O) groups is 1. The predicted molar refractivity (Wildman–Crippen MR) is 81.6 cm³/mol. The summed E-state index contributed by atoms with van der Waals surface area (Å²) in [5.74, 6) is 0.291. The van der Waals surface area contributed by atoms with E-state index in [1.165, 1.54) is 18.2 Å². The van der Waals surface area contributed by atoms with Gasteiger partial charge in [-0.2, -0.15) is 5.26 Å². The molecule has 5 heteroatoms. The SMILES string of the molecule is Cc1cc(/C=C(/C#N)C(=O)c2ccc3c(c2)OCO3)ccc1F. The lowest BCUT2D eigenvalue weighted by Crippen LogP contribution is -2.02. The minimum absolute atomic E-state index is 0.0325. The molecule has 23 heavy (non-hydrogen) atoms. The predicted octanol–water partition coefficient (Wildman–Crippen LogP) is 3.65. The first-order valence-electron chi connectivity index (χ1n) is 6.91. The van der Waals surface area contributed by atoms with Crippen LogP contribution in [0.25, 0.3) is 6.08 Å². The van der Waals surface area contributed by atoms with Gasteiger partial charge in [-0.05, 0) is 54.5 Å². The minimum atomic E-state index is -0.423. The van der Waals surface area contributed by atoms with Crippen molar-refractivity contribution in [2.24, 2.45) is 0 Å². The summed E-state index contributed by atoms with van der Waals surface area (Å²) in [6.07, 6.45) is 1.44. The smallest absolute Gasteiger partial charge is 0.231 e. The summed E-state index contributed by atoms with van der Waals surface area (Å²) in [5.41, 5.74) is 1.34. The largest absolute Gasteiger partial charge is 0.454 e. The van der Waals surface area contributed by atoms with Crippen LogP contribution in [0.4, 0.5) is 4.39 Å². The van der Waals surface area contributed by atoms with Crippen molar-refractivity contribution >= 4 is 11.9 Å². The molecule has 0 aromatic heterocycles. The number of hydrogen-bond acceptors (Lipinski definition) is 4. The number of nitrogens with zero attached hydrogens (tertiary/aromatic N) is 1. The standard InChI is InChI=1S/C18H12FNO3/c1-11-6-12(2-4-15(11)19)7-14(9-20)18(21)13-3-5-16-17(8-13)23-10-22-16/h2-8H,10H2,1H3/b14-7-. The number of fused-ring (bicyclic) bond motifs is 1. The molecule has 2 aromatic rings. The lowest BCUT2D eigenvalue weighted by atomic mass is 10.0. The van der Waals surface area contributed by atoms with E-state index in [0.29, 0.717) is 28.2 Å². The molecule has 1 aliphatic heterocycles. The molecule has 2 aromatic carbocycles. The Kier molecular flexibility index (Phi) is 3.82. The summed E-state index contributed by atoms with van der Waals surface area (Å²) in [6, 6.07) is 11.1. The van der Waals surface area contributed by atoms with Gasteiger partial charge in [0.05, 0.1) is 0 Å². The molecule has 114 valence electrons. The molecule has 0 saturated heterocycles. The molecule has 1 aliphatic rings. The van der Waals surface area contributed by atoms with Crippen LogP contribution in [0.3, 0.4) is 0 Å². The molecule has 0 amide bonds. The number of ketones is 1. The Morgan fingerprint density at radius 1 is 1.22 bits per heavy atom. The third-order valence-electron chi connectivity index (χ3n) is 3.49. The zero-order chi connectivity index (χ0) is 16.4. The van der Waals surface area contributed by atoms with Gasteiger partial charge in [0.2, 0.25) is 12.6 Å². The fourth-order valence-electron chi connectivity index (χ4n) is 2.27. The van der Waals surface area contributed by atoms with Crippen molar-refractivity contribution in [1.82, 2.24) is 0 Å². The Balaban J connectivity index is 1.94.